The minimum absolute atomic E-state index is 0.123. The quantitative estimate of drug-likeness (QED) is 0.822. The number of amides is 1. The molecule has 1 aliphatic heterocycles. The maximum atomic E-state index is 12.3. The Morgan fingerprint density at radius 1 is 1.48 bits per heavy atom. The number of nitrogens with zero attached hydrogens (tertiary/aromatic N) is 4. The number of carbonyl (C=O) groups is 1. The van der Waals surface area contributed by atoms with Crippen LogP contribution in [0.4, 0.5) is 0 Å². The second-order valence-corrected chi connectivity index (χ2v) is 6.29. The van der Waals surface area contributed by atoms with Crippen LogP contribution in [-0.2, 0) is 11.3 Å². The molecule has 1 aliphatic rings. The van der Waals surface area contributed by atoms with Gasteiger partial charge in [-0.25, -0.2) is 4.68 Å². The highest BCUT2D eigenvalue weighted by atomic mass is 16.5. The van der Waals surface area contributed by atoms with Gasteiger partial charge in [0.1, 0.15) is 12.4 Å². The standard InChI is InChI=1S/C17H23N5O3/c1-12(2)22-16(19-20-21-22)11-25-14-6-3-5-13(9-14)17(23)18-10-15-7-4-8-24-15/h3,5-6,9,12,15H,4,7-8,10-11H2,1-2H3,(H,18,23). The Kier molecular flexibility index (Phi) is 5.60. The van der Waals surface area contributed by atoms with Gasteiger partial charge in [0.2, 0.25) is 0 Å². The maximum absolute atomic E-state index is 12.3. The smallest absolute Gasteiger partial charge is 0.251 e. The minimum Gasteiger partial charge on any atom is -0.486 e. The topological polar surface area (TPSA) is 91.2 Å². The Balaban J connectivity index is 1.57. The average molecular weight is 345 g/mol. The summed E-state index contributed by atoms with van der Waals surface area (Å²) in [4.78, 5) is 12.3. The van der Waals surface area contributed by atoms with Crippen molar-refractivity contribution in [1.82, 2.24) is 25.5 Å². The average Bonchev–Trinajstić information content (AvgIpc) is 3.29. The van der Waals surface area contributed by atoms with Gasteiger partial charge in [-0.15, -0.1) is 5.10 Å². The van der Waals surface area contributed by atoms with Gasteiger partial charge in [0.05, 0.1) is 12.1 Å². The largest absolute Gasteiger partial charge is 0.486 e. The lowest BCUT2D eigenvalue weighted by atomic mass is 10.2. The van der Waals surface area contributed by atoms with E-state index in [9.17, 15) is 4.79 Å². The molecular weight excluding hydrogens is 322 g/mol. The van der Waals surface area contributed by atoms with Crippen LogP contribution in [0.15, 0.2) is 24.3 Å². The van der Waals surface area contributed by atoms with Crippen LogP contribution in [0, 0.1) is 0 Å². The highest BCUT2D eigenvalue weighted by molar-refractivity contribution is 5.94. The summed E-state index contributed by atoms with van der Waals surface area (Å²) in [5.41, 5.74) is 0.555. The number of hydrogen-bond donors (Lipinski definition) is 1. The van der Waals surface area contributed by atoms with Crippen LogP contribution in [-0.4, -0.2) is 45.4 Å². The summed E-state index contributed by atoms with van der Waals surface area (Å²) in [6.07, 6.45) is 2.17. The molecule has 1 aromatic heterocycles. The number of aromatic nitrogens is 4. The zero-order valence-electron chi connectivity index (χ0n) is 14.5. The summed E-state index contributed by atoms with van der Waals surface area (Å²) < 4.78 is 13.0. The first-order valence-electron chi connectivity index (χ1n) is 8.53. The van der Waals surface area contributed by atoms with Crippen molar-refractivity contribution in [3.05, 3.63) is 35.7 Å². The fourth-order valence-corrected chi connectivity index (χ4v) is 2.70. The third-order valence-corrected chi connectivity index (χ3v) is 4.03. The number of tetrazole rings is 1. The summed E-state index contributed by atoms with van der Waals surface area (Å²) >= 11 is 0. The van der Waals surface area contributed by atoms with Crippen LogP contribution in [0.25, 0.3) is 0 Å². The molecule has 0 aliphatic carbocycles. The van der Waals surface area contributed by atoms with E-state index in [1.807, 2.05) is 13.8 Å². The molecule has 2 aromatic rings. The SMILES string of the molecule is CC(C)n1nnnc1COc1cccc(C(=O)NCC2CCCO2)c1. The normalized spacial score (nSPS) is 17.0. The molecule has 25 heavy (non-hydrogen) atoms. The molecule has 134 valence electrons. The first-order valence-corrected chi connectivity index (χ1v) is 8.53. The van der Waals surface area contributed by atoms with E-state index >= 15 is 0 Å². The summed E-state index contributed by atoms with van der Waals surface area (Å²) in [7, 11) is 0. The summed E-state index contributed by atoms with van der Waals surface area (Å²) in [6.45, 7) is 5.55. The number of carbonyl (C=O) groups excluding carboxylic acids is 1. The molecule has 1 amide bonds. The van der Waals surface area contributed by atoms with Crippen LogP contribution < -0.4 is 10.1 Å². The molecule has 0 spiro atoms. The second kappa shape index (κ2) is 8.06. The van der Waals surface area contributed by atoms with Crippen LogP contribution in [0.3, 0.4) is 0 Å². The van der Waals surface area contributed by atoms with Crippen molar-refractivity contribution in [2.75, 3.05) is 13.2 Å². The minimum atomic E-state index is -0.132. The third kappa shape index (κ3) is 4.54. The molecule has 0 bridgehead atoms. The second-order valence-electron chi connectivity index (χ2n) is 6.29. The van der Waals surface area contributed by atoms with E-state index in [1.54, 1.807) is 28.9 Å². The fourth-order valence-electron chi connectivity index (χ4n) is 2.70. The van der Waals surface area contributed by atoms with Crippen molar-refractivity contribution >= 4 is 5.91 Å². The Morgan fingerprint density at radius 2 is 2.36 bits per heavy atom. The van der Waals surface area contributed by atoms with Gasteiger partial charge in [-0.1, -0.05) is 6.07 Å². The number of rotatable bonds is 7. The lowest BCUT2D eigenvalue weighted by molar-refractivity contribution is 0.0857. The van der Waals surface area contributed by atoms with E-state index in [-0.39, 0.29) is 24.7 Å². The Morgan fingerprint density at radius 3 is 3.12 bits per heavy atom. The highest BCUT2D eigenvalue weighted by Crippen LogP contribution is 2.16. The van der Waals surface area contributed by atoms with E-state index in [1.165, 1.54) is 0 Å². The predicted octanol–water partition coefficient (Wildman–Crippen LogP) is 1.74. The molecule has 8 heteroatoms. The van der Waals surface area contributed by atoms with Crippen LogP contribution in [0.5, 0.6) is 5.75 Å². The van der Waals surface area contributed by atoms with Crippen molar-refractivity contribution < 1.29 is 14.3 Å². The molecule has 1 saturated heterocycles. The number of ether oxygens (including phenoxy) is 2. The number of benzene rings is 1. The number of hydrogen-bond acceptors (Lipinski definition) is 6. The molecule has 8 nitrogen and oxygen atoms in total. The Hall–Kier alpha value is -2.48. The zero-order valence-corrected chi connectivity index (χ0v) is 14.5. The van der Waals surface area contributed by atoms with Crippen molar-refractivity contribution in [2.45, 2.75) is 45.4 Å². The molecule has 3 rings (SSSR count). The highest BCUT2D eigenvalue weighted by Gasteiger charge is 2.17. The molecule has 1 atom stereocenters. The molecule has 1 fully saturated rings. The summed E-state index contributed by atoms with van der Waals surface area (Å²) in [5.74, 6) is 1.11. The van der Waals surface area contributed by atoms with Gasteiger partial charge in [0, 0.05) is 18.7 Å². The van der Waals surface area contributed by atoms with E-state index in [2.05, 4.69) is 20.8 Å². The fraction of sp³-hybridized carbons (Fsp3) is 0.529. The monoisotopic (exact) mass is 345 g/mol. The van der Waals surface area contributed by atoms with Gasteiger partial charge < -0.3 is 14.8 Å². The summed E-state index contributed by atoms with van der Waals surface area (Å²) in [6, 6.07) is 7.23. The van der Waals surface area contributed by atoms with Crippen molar-refractivity contribution in [1.29, 1.82) is 0 Å². The third-order valence-electron chi connectivity index (χ3n) is 4.03. The van der Waals surface area contributed by atoms with Gasteiger partial charge in [-0.05, 0) is 55.3 Å². The van der Waals surface area contributed by atoms with Crippen molar-refractivity contribution in [2.24, 2.45) is 0 Å². The van der Waals surface area contributed by atoms with E-state index in [4.69, 9.17) is 9.47 Å². The molecule has 2 heterocycles. The molecular formula is C17H23N5O3. The number of nitrogens with one attached hydrogen (secondary N) is 1. The van der Waals surface area contributed by atoms with Gasteiger partial charge in [0.15, 0.2) is 5.82 Å². The van der Waals surface area contributed by atoms with Crippen molar-refractivity contribution in [3.63, 3.8) is 0 Å². The lowest BCUT2D eigenvalue weighted by Crippen LogP contribution is -2.31. The Labute approximate surface area is 146 Å². The van der Waals surface area contributed by atoms with E-state index < -0.39 is 0 Å². The van der Waals surface area contributed by atoms with Gasteiger partial charge >= 0.3 is 0 Å². The zero-order chi connectivity index (χ0) is 17.6. The van der Waals surface area contributed by atoms with Crippen molar-refractivity contribution in [3.8, 4) is 5.75 Å². The molecule has 0 saturated carbocycles. The van der Waals surface area contributed by atoms with Gasteiger partial charge in [0.25, 0.3) is 5.91 Å². The molecule has 1 unspecified atom stereocenters. The molecule has 0 radical (unpaired) electrons. The van der Waals surface area contributed by atoms with Crippen LogP contribution in [0.2, 0.25) is 0 Å². The van der Waals surface area contributed by atoms with Gasteiger partial charge in [-0.3, -0.25) is 4.79 Å². The molecule has 1 aromatic carbocycles. The first-order chi connectivity index (χ1) is 12.1. The Bertz CT molecular complexity index is 710. The van der Waals surface area contributed by atoms with Gasteiger partial charge in [-0.2, -0.15) is 0 Å². The predicted molar refractivity (Wildman–Crippen MR) is 90.3 cm³/mol. The van der Waals surface area contributed by atoms with E-state index in [0.29, 0.717) is 23.7 Å². The maximum Gasteiger partial charge on any atom is 0.251 e. The van der Waals surface area contributed by atoms with Crippen LogP contribution >= 0.6 is 0 Å². The van der Waals surface area contributed by atoms with Crippen LogP contribution in [0.1, 0.15) is 48.9 Å². The molecule has 1 N–H and O–H groups in total. The summed E-state index contributed by atoms with van der Waals surface area (Å²) in [5, 5.41) is 14.5. The van der Waals surface area contributed by atoms with E-state index in [0.717, 1.165) is 19.4 Å². The lowest BCUT2D eigenvalue weighted by Gasteiger charge is -2.12. The first kappa shape index (κ1) is 17.3.